The number of carbonyl (C=O) groups is 1. The zero-order valence-electron chi connectivity index (χ0n) is 23.6. The standard InChI is InChI=1S/C28H35N5O5S/c1-17(2)37-20(19-12-10-9-11-13-19)14-31-24-21(18(3)23(39-24)32-16-29-15-30-32)22(34)33(26(31)36)28(7,8)25(35)38-27(4,5)6/h9-13,15-17,20H,14H2,1-8H3. The number of carbonyl (C=O) groups excluding carboxylic acids is 1. The minimum atomic E-state index is -1.58. The number of fused-ring (bicyclic) bond motifs is 1. The van der Waals surface area contributed by atoms with Crippen molar-refractivity contribution in [3.63, 3.8) is 0 Å². The average Bonchev–Trinajstić information content (AvgIpc) is 3.48. The number of aryl methyl sites for hydroxylation is 1. The summed E-state index contributed by atoms with van der Waals surface area (Å²) in [5.41, 5.74) is -2.05. The summed E-state index contributed by atoms with van der Waals surface area (Å²) in [6.45, 7) is 14.1. The third kappa shape index (κ3) is 5.60. The van der Waals surface area contributed by atoms with Crippen molar-refractivity contribution < 1.29 is 14.3 Å². The predicted octanol–water partition coefficient (Wildman–Crippen LogP) is 4.36. The maximum atomic E-state index is 14.2. The third-order valence-electron chi connectivity index (χ3n) is 6.23. The molecule has 3 heterocycles. The Morgan fingerprint density at radius 1 is 1.08 bits per heavy atom. The van der Waals surface area contributed by atoms with Crippen LogP contribution >= 0.6 is 11.3 Å². The first-order chi connectivity index (χ1) is 18.2. The van der Waals surface area contributed by atoms with Crippen LogP contribution in [-0.2, 0) is 26.4 Å². The molecule has 39 heavy (non-hydrogen) atoms. The number of hydrogen-bond acceptors (Lipinski definition) is 8. The van der Waals surface area contributed by atoms with Crippen LogP contribution in [0.25, 0.3) is 15.2 Å². The summed E-state index contributed by atoms with van der Waals surface area (Å²) in [5.74, 6) is -0.678. The van der Waals surface area contributed by atoms with Gasteiger partial charge in [-0.25, -0.2) is 23.8 Å². The van der Waals surface area contributed by atoms with Crippen LogP contribution in [0.15, 0.2) is 52.6 Å². The molecule has 1 unspecified atom stereocenters. The number of benzene rings is 1. The van der Waals surface area contributed by atoms with Crippen LogP contribution in [0.4, 0.5) is 0 Å². The normalized spacial score (nSPS) is 13.3. The van der Waals surface area contributed by atoms with Gasteiger partial charge in [0.15, 0.2) is 0 Å². The van der Waals surface area contributed by atoms with Gasteiger partial charge in [-0.05, 0) is 61.0 Å². The first-order valence-corrected chi connectivity index (χ1v) is 13.6. The van der Waals surface area contributed by atoms with E-state index in [1.54, 1.807) is 32.4 Å². The Balaban J connectivity index is 2.02. The number of ether oxygens (including phenoxy) is 2. The van der Waals surface area contributed by atoms with Crippen molar-refractivity contribution in [3.8, 4) is 5.00 Å². The molecule has 10 nitrogen and oxygen atoms in total. The number of hydrogen-bond donors (Lipinski definition) is 0. The molecule has 4 rings (SSSR count). The molecule has 0 radical (unpaired) electrons. The summed E-state index contributed by atoms with van der Waals surface area (Å²) in [4.78, 5) is 46.1. The zero-order chi connectivity index (χ0) is 28.7. The van der Waals surface area contributed by atoms with E-state index in [0.29, 0.717) is 20.8 Å². The maximum absolute atomic E-state index is 14.2. The molecule has 1 aromatic carbocycles. The number of nitrogens with zero attached hydrogens (tertiary/aromatic N) is 5. The SMILES string of the molecule is Cc1c(-n2cncn2)sc2c1c(=O)n(C(C)(C)C(=O)OC(C)(C)C)c(=O)n2CC(OC(C)C)c1ccccc1. The van der Waals surface area contributed by atoms with E-state index in [0.717, 1.165) is 10.1 Å². The van der Waals surface area contributed by atoms with Crippen molar-refractivity contribution in [2.45, 2.75) is 85.3 Å². The van der Waals surface area contributed by atoms with Gasteiger partial charge < -0.3 is 9.47 Å². The lowest BCUT2D eigenvalue weighted by Crippen LogP contribution is -2.54. The lowest BCUT2D eigenvalue weighted by Gasteiger charge is -2.30. The van der Waals surface area contributed by atoms with Gasteiger partial charge in [0.2, 0.25) is 0 Å². The van der Waals surface area contributed by atoms with Crippen LogP contribution in [0.1, 0.15) is 65.7 Å². The van der Waals surface area contributed by atoms with E-state index in [-0.39, 0.29) is 12.6 Å². The van der Waals surface area contributed by atoms with Crippen LogP contribution in [0.5, 0.6) is 0 Å². The number of esters is 1. The fourth-order valence-corrected chi connectivity index (χ4v) is 5.64. The molecule has 0 aliphatic rings. The molecule has 0 aliphatic carbocycles. The Kier molecular flexibility index (Phi) is 7.68. The molecule has 0 aliphatic heterocycles. The average molecular weight is 554 g/mol. The molecular formula is C28H35N5O5S. The van der Waals surface area contributed by atoms with Crippen LogP contribution in [0, 0.1) is 6.92 Å². The summed E-state index contributed by atoms with van der Waals surface area (Å²) >= 11 is 1.27. The van der Waals surface area contributed by atoms with E-state index >= 15 is 0 Å². The van der Waals surface area contributed by atoms with Gasteiger partial charge in [-0.1, -0.05) is 41.7 Å². The van der Waals surface area contributed by atoms with Gasteiger partial charge in [0, 0.05) is 5.56 Å². The highest BCUT2D eigenvalue weighted by atomic mass is 32.1. The monoisotopic (exact) mass is 553 g/mol. The Morgan fingerprint density at radius 2 is 1.74 bits per heavy atom. The van der Waals surface area contributed by atoms with Crippen LogP contribution in [-0.4, -0.2) is 41.6 Å². The highest BCUT2D eigenvalue weighted by Gasteiger charge is 2.39. The fraction of sp³-hybridized carbons (Fsp3) is 0.464. The van der Waals surface area contributed by atoms with Gasteiger partial charge in [0.1, 0.15) is 39.7 Å². The number of thiophene rings is 1. The van der Waals surface area contributed by atoms with Gasteiger partial charge >= 0.3 is 11.7 Å². The molecule has 208 valence electrons. The molecule has 1 atom stereocenters. The van der Waals surface area contributed by atoms with Crippen molar-refractivity contribution >= 4 is 27.5 Å². The van der Waals surface area contributed by atoms with Crippen LogP contribution < -0.4 is 11.2 Å². The summed E-state index contributed by atoms with van der Waals surface area (Å²) in [5, 5.41) is 5.22. The van der Waals surface area contributed by atoms with E-state index in [9.17, 15) is 14.4 Å². The highest BCUT2D eigenvalue weighted by Crippen LogP contribution is 2.33. The quantitative estimate of drug-likeness (QED) is 0.298. The van der Waals surface area contributed by atoms with Crippen molar-refractivity contribution in [2.24, 2.45) is 0 Å². The molecule has 0 bridgehead atoms. The summed E-state index contributed by atoms with van der Waals surface area (Å²) < 4.78 is 16.0. The Bertz CT molecular complexity index is 1590. The minimum Gasteiger partial charge on any atom is -0.458 e. The topological polar surface area (TPSA) is 110 Å². The van der Waals surface area contributed by atoms with Crippen molar-refractivity contribution in [1.29, 1.82) is 0 Å². The second-order valence-electron chi connectivity index (χ2n) is 11.2. The van der Waals surface area contributed by atoms with Gasteiger partial charge in [-0.3, -0.25) is 9.36 Å². The molecule has 11 heteroatoms. The second-order valence-corrected chi connectivity index (χ2v) is 12.2. The van der Waals surface area contributed by atoms with E-state index < -0.39 is 34.5 Å². The van der Waals surface area contributed by atoms with Gasteiger partial charge in [0.05, 0.1) is 18.0 Å². The molecule has 4 aromatic rings. The zero-order valence-corrected chi connectivity index (χ0v) is 24.4. The van der Waals surface area contributed by atoms with Gasteiger partial charge in [-0.2, -0.15) is 5.10 Å². The van der Waals surface area contributed by atoms with Crippen LogP contribution in [0.3, 0.4) is 0 Å². The first-order valence-electron chi connectivity index (χ1n) is 12.8. The largest absolute Gasteiger partial charge is 0.458 e. The molecule has 0 N–H and O–H groups in total. The molecule has 0 saturated carbocycles. The Hall–Kier alpha value is -3.57. The van der Waals surface area contributed by atoms with Crippen LogP contribution in [0.2, 0.25) is 0 Å². The summed E-state index contributed by atoms with van der Waals surface area (Å²) in [7, 11) is 0. The summed E-state index contributed by atoms with van der Waals surface area (Å²) in [6, 6.07) is 9.62. The second kappa shape index (κ2) is 10.5. The molecular weight excluding hydrogens is 518 g/mol. The predicted molar refractivity (Wildman–Crippen MR) is 151 cm³/mol. The van der Waals surface area contributed by atoms with Crippen molar-refractivity contribution in [1.82, 2.24) is 23.9 Å². The maximum Gasteiger partial charge on any atom is 0.333 e. The van der Waals surface area contributed by atoms with E-state index in [4.69, 9.17) is 9.47 Å². The first kappa shape index (κ1) is 28.4. The van der Waals surface area contributed by atoms with Crippen molar-refractivity contribution in [3.05, 3.63) is 75.0 Å². The lowest BCUT2D eigenvalue weighted by molar-refractivity contribution is -0.164. The minimum absolute atomic E-state index is 0.124. The summed E-state index contributed by atoms with van der Waals surface area (Å²) in [6.07, 6.45) is 2.34. The smallest absolute Gasteiger partial charge is 0.333 e. The fourth-order valence-electron chi connectivity index (χ4n) is 4.40. The molecule has 0 saturated heterocycles. The van der Waals surface area contributed by atoms with Gasteiger partial charge in [0.25, 0.3) is 5.56 Å². The number of aromatic nitrogens is 5. The van der Waals surface area contributed by atoms with E-state index in [2.05, 4.69) is 10.1 Å². The lowest BCUT2D eigenvalue weighted by atomic mass is 10.0. The highest BCUT2D eigenvalue weighted by molar-refractivity contribution is 7.21. The van der Waals surface area contributed by atoms with Gasteiger partial charge in [-0.15, -0.1) is 0 Å². The van der Waals surface area contributed by atoms with Crippen molar-refractivity contribution in [2.75, 3.05) is 0 Å². The Morgan fingerprint density at radius 3 is 2.31 bits per heavy atom. The Labute approximate surface area is 230 Å². The van der Waals surface area contributed by atoms with E-state index in [1.807, 2.05) is 44.2 Å². The third-order valence-corrected chi connectivity index (χ3v) is 7.53. The number of rotatable bonds is 8. The van der Waals surface area contributed by atoms with E-state index in [1.165, 1.54) is 42.4 Å². The molecule has 0 spiro atoms. The molecule has 0 amide bonds. The molecule has 3 aromatic heterocycles. The molecule has 0 fully saturated rings.